The molecular formula is C24H30BrN3O5S. The second-order valence-electron chi connectivity index (χ2n) is 9.92. The van der Waals surface area contributed by atoms with Crippen molar-refractivity contribution in [2.45, 2.75) is 53.5 Å². The van der Waals surface area contributed by atoms with Crippen molar-refractivity contribution in [1.29, 1.82) is 0 Å². The number of rotatable bonds is 5. The number of aliphatic hydroxyl groups is 1. The third-order valence-corrected chi connectivity index (χ3v) is 10.5. The Kier molecular flexibility index (Phi) is 6.48. The van der Waals surface area contributed by atoms with Gasteiger partial charge in [0, 0.05) is 42.6 Å². The lowest BCUT2D eigenvalue weighted by atomic mass is 9.72. The SMILES string of the molecule is O=C1CC(S(=O)(=O)c2ccc(Br)cc2)CC2(CO)OC3(CCN(CN4C=CN=CC4)CC3)CC12. The van der Waals surface area contributed by atoms with Crippen LogP contribution in [0.5, 0.6) is 0 Å². The van der Waals surface area contributed by atoms with Gasteiger partial charge in [-0.1, -0.05) is 15.9 Å². The van der Waals surface area contributed by atoms with E-state index in [0.717, 1.165) is 43.6 Å². The van der Waals surface area contributed by atoms with Gasteiger partial charge < -0.3 is 14.7 Å². The fourth-order valence-corrected chi connectivity index (χ4v) is 7.99. The van der Waals surface area contributed by atoms with Gasteiger partial charge in [0.15, 0.2) is 9.84 Å². The number of carbonyl (C=O) groups excluding carboxylic acids is 1. The lowest BCUT2D eigenvalue weighted by Crippen LogP contribution is -2.53. The van der Waals surface area contributed by atoms with Gasteiger partial charge in [-0.3, -0.25) is 14.7 Å². The van der Waals surface area contributed by atoms with Gasteiger partial charge in [0.25, 0.3) is 0 Å². The predicted molar refractivity (Wildman–Crippen MR) is 131 cm³/mol. The molecule has 1 spiro atoms. The summed E-state index contributed by atoms with van der Waals surface area (Å²) in [5, 5.41) is 9.53. The van der Waals surface area contributed by atoms with Gasteiger partial charge in [-0.2, -0.15) is 0 Å². The number of nitrogens with zero attached hydrogens (tertiary/aromatic N) is 3. The van der Waals surface area contributed by atoms with Gasteiger partial charge in [0.2, 0.25) is 0 Å². The number of likely N-dealkylation sites (tertiary alicyclic amines) is 1. The molecule has 5 rings (SSSR count). The van der Waals surface area contributed by atoms with Crippen LogP contribution in [0.4, 0.5) is 0 Å². The number of carbonyl (C=O) groups is 1. The quantitative estimate of drug-likeness (QED) is 0.599. The predicted octanol–water partition coefficient (Wildman–Crippen LogP) is 2.37. The molecule has 0 aromatic heterocycles. The van der Waals surface area contributed by atoms with E-state index in [1.807, 2.05) is 12.4 Å². The molecule has 1 aromatic rings. The van der Waals surface area contributed by atoms with E-state index in [1.54, 1.807) is 30.5 Å². The second-order valence-corrected chi connectivity index (χ2v) is 13.1. The molecule has 8 nitrogen and oxygen atoms in total. The minimum atomic E-state index is -3.73. The van der Waals surface area contributed by atoms with Gasteiger partial charge >= 0.3 is 0 Å². The number of ketones is 1. The normalized spacial score (nSPS) is 31.2. The zero-order valence-electron chi connectivity index (χ0n) is 19.0. The Morgan fingerprint density at radius 1 is 1.18 bits per heavy atom. The minimum Gasteiger partial charge on any atom is -0.393 e. The molecule has 4 aliphatic rings. The number of aliphatic hydroxyl groups excluding tert-OH is 1. The van der Waals surface area contributed by atoms with Crippen LogP contribution in [-0.4, -0.2) is 84.7 Å². The number of sulfone groups is 1. The molecule has 0 bridgehead atoms. The molecule has 3 fully saturated rings. The summed E-state index contributed by atoms with van der Waals surface area (Å²) in [6, 6.07) is 6.47. The van der Waals surface area contributed by atoms with Crippen molar-refractivity contribution in [3.63, 3.8) is 0 Å². The fraction of sp³-hybridized carbons (Fsp3) is 0.583. The van der Waals surface area contributed by atoms with E-state index in [4.69, 9.17) is 4.74 Å². The van der Waals surface area contributed by atoms with E-state index < -0.39 is 32.2 Å². The number of halogens is 1. The van der Waals surface area contributed by atoms with Crippen LogP contribution in [0.25, 0.3) is 0 Å². The van der Waals surface area contributed by atoms with Crippen molar-refractivity contribution in [2.75, 3.05) is 32.9 Å². The van der Waals surface area contributed by atoms with E-state index in [-0.39, 0.29) is 30.1 Å². The Morgan fingerprint density at radius 3 is 2.56 bits per heavy atom. The molecule has 10 heteroatoms. The Morgan fingerprint density at radius 2 is 1.91 bits per heavy atom. The summed E-state index contributed by atoms with van der Waals surface area (Å²) in [7, 11) is -3.73. The first-order valence-electron chi connectivity index (χ1n) is 11.7. The average Bonchev–Trinajstić information content (AvgIpc) is 3.17. The van der Waals surface area contributed by atoms with E-state index in [1.165, 1.54) is 0 Å². The number of fused-ring (bicyclic) bond motifs is 1. The van der Waals surface area contributed by atoms with E-state index in [9.17, 15) is 18.3 Å². The molecule has 0 amide bonds. The molecule has 0 radical (unpaired) electrons. The molecule has 3 atom stereocenters. The Labute approximate surface area is 208 Å². The number of ether oxygens (including phenoxy) is 1. The van der Waals surface area contributed by atoms with E-state index in [0.29, 0.717) is 6.42 Å². The maximum absolute atomic E-state index is 13.4. The first kappa shape index (κ1) is 24.1. The first-order chi connectivity index (χ1) is 16.3. The topological polar surface area (TPSA) is 99.5 Å². The van der Waals surface area contributed by atoms with Crippen LogP contribution < -0.4 is 0 Å². The second kappa shape index (κ2) is 9.13. The third kappa shape index (κ3) is 4.39. The van der Waals surface area contributed by atoms with Crippen LogP contribution in [0.15, 0.2) is 51.0 Å². The largest absolute Gasteiger partial charge is 0.393 e. The van der Waals surface area contributed by atoms with Gasteiger partial charge in [-0.15, -0.1) is 0 Å². The maximum atomic E-state index is 13.4. The van der Waals surface area contributed by atoms with Crippen molar-refractivity contribution >= 4 is 37.8 Å². The molecule has 3 aliphatic heterocycles. The fourth-order valence-electron chi connectivity index (χ4n) is 5.94. The number of hydrogen-bond acceptors (Lipinski definition) is 8. The Hall–Kier alpha value is -1.59. The number of Topliss-reactive ketones (excluding diaryl/α,β-unsaturated/α-hetero) is 1. The molecule has 2 saturated heterocycles. The van der Waals surface area contributed by atoms with Gasteiger partial charge in [0.05, 0.1) is 41.5 Å². The van der Waals surface area contributed by atoms with Crippen molar-refractivity contribution < 1.29 is 23.1 Å². The lowest BCUT2D eigenvalue weighted by Gasteiger charge is -2.43. The molecule has 34 heavy (non-hydrogen) atoms. The number of hydrogen-bond donors (Lipinski definition) is 1. The Bertz CT molecular complexity index is 1100. The summed E-state index contributed by atoms with van der Waals surface area (Å²) in [6.07, 6.45) is 7.84. The molecule has 184 valence electrons. The standard InChI is InChI=1S/C24H30BrN3O5S/c25-18-1-3-19(4-2-18)34(31,32)20-13-22(30)21-15-23(33-24(21,14-20)16-29)5-9-27(10-6-23)17-28-11-7-26-8-12-28/h1-4,7-8,11,20-21,29H,5-6,9-10,12-17H2. The summed E-state index contributed by atoms with van der Waals surface area (Å²) in [4.78, 5) is 22.1. The monoisotopic (exact) mass is 551 g/mol. The van der Waals surface area contributed by atoms with Crippen molar-refractivity contribution in [1.82, 2.24) is 9.80 Å². The van der Waals surface area contributed by atoms with Crippen LogP contribution >= 0.6 is 15.9 Å². The molecule has 3 heterocycles. The van der Waals surface area contributed by atoms with Crippen LogP contribution in [-0.2, 0) is 19.4 Å². The summed E-state index contributed by atoms with van der Waals surface area (Å²) in [5.74, 6) is -0.565. The van der Waals surface area contributed by atoms with Gasteiger partial charge in [-0.05, 0) is 49.9 Å². The maximum Gasteiger partial charge on any atom is 0.181 e. The molecule has 1 N–H and O–H groups in total. The van der Waals surface area contributed by atoms with Crippen molar-refractivity contribution in [3.8, 4) is 0 Å². The first-order valence-corrected chi connectivity index (χ1v) is 14.1. The molecule has 1 aliphatic carbocycles. The van der Waals surface area contributed by atoms with Gasteiger partial charge in [-0.25, -0.2) is 8.42 Å². The number of piperidine rings is 1. The number of aliphatic imine (C=N–C) groups is 1. The zero-order valence-corrected chi connectivity index (χ0v) is 21.4. The average molecular weight is 552 g/mol. The van der Waals surface area contributed by atoms with Crippen LogP contribution in [0.2, 0.25) is 0 Å². The van der Waals surface area contributed by atoms with Crippen molar-refractivity contribution in [2.24, 2.45) is 10.9 Å². The molecule has 3 unspecified atom stereocenters. The van der Waals surface area contributed by atoms with E-state index >= 15 is 0 Å². The molecule has 1 aromatic carbocycles. The summed E-state index contributed by atoms with van der Waals surface area (Å²) < 4.78 is 34.1. The molecular weight excluding hydrogens is 522 g/mol. The summed E-state index contributed by atoms with van der Waals surface area (Å²) in [6.45, 7) is 2.89. The van der Waals surface area contributed by atoms with E-state index in [2.05, 4.69) is 30.7 Å². The third-order valence-electron chi connectivity index (χ3n) is 7.80. The Balaban J connectivity index is 1.30. The summed E-state index contributed by atoms with van der Waals surface area (Å²) >= 11 is 3.33. The highest BCUT2D eigenvalue weighted by molar-refractivity contribution is 9.10. The molecule has 1 saturated carbocycles. The lowest BCUT2D eigenvalue weighted by molar-refractivity contribution is -0.166. The van der Waals surface area contributed by atoms with Gasteiger partial charge in [0.1, 0.15) is 11.4 Å². The highest BCUT2D eigenvalue weighted by Crippen LogP contribution is 2.53. The highest BCUT2D eigenvalue weighted by Gasteiger charge is 2.62. The number of benzene rings is 1. The minimum absolute atomic E-state index is 0.0285. The van der Waals surface area contributed by atoms with Crippen LogP contribution in [0, 0.1) is 5.92 Å². The highest BCUT2D eigenvalue weighted by atomic mass is 79.9. The van der Waals surface area contributed by atoms with Crippen LogP contribution in [0.3, 0.4) is 0 Å². The summed E-state index contributed by atoms with van der Waals surface area (Å²) in [5.41, 5.74) is -1.62. The zero-order chi connectivity index (χ0) is 24.0. The van der Waals surface area contributed by atoms with Crippen LogP contribution in [0.1, 0.15) is 32.1 Å². The smallest absolute Gasteiger partial charge is 0.181 e. The van der Waals surface area contributed by atoms with Crippen molar-refractivity contribution in [3.05, 3.63) is 41.1 Å².